The third-order valence-corrected chi connectivity index (χ3v) is 3.24. The molecule has 0 aromatic carbocycles. The number of amides is 2. The molecule has 0 aromatic heterocycles. The molecule has 1 rings (SSSR count). The quantitative estimate of drug-likeness (QED) is 0.751. The van der Waals surface area contributed by atoms with E-state index in [4.69, 9.17) is 0 Å². The molecule has 6 nitrogen and oxygen atoms in total. The lowest BCUT2D eigenvalue weighted by molar-refractivity contribution is -0.136. The van der Waals surface area contributed by atoms with Crippen molar-refractivity contribution in [3.63, 3.8) is 0 Å². The maximum atomic E-state index is 12.0. The van der Waals surface area contributed by atoms with Crippen LogP contribution >= 0.6 is 0 Å². The van der Waals surface area contributed by atoms with E-state index in [1.807, 2.05) is 25.7 Å². The smallest absolute Gasteiger partial charge is 0.240 e. The van der Waals surface area contributed by atoms with Crippen molar-refractivity contribution in [1.29, 1.82) is 0 Å². The Hall–Kier alpha value is -1.14. The fourth-order valence-corrected chi connectivity index (χ4v) is 2.15. The lowest BCUT2D eigenvalue weighted by Gasteiger charge is -2.30. The Labute approximate surface area is 121 Å². The predicted molar refractivity (Wildman–Crippen MR) is 77.2 cm³/mol. The number of hydrogen-bond acceptors (Lipinski definition) is 4. The van der Waals surface area contributed by atoms with E-state index in [9.17, 15) is 14.7 Å². The second-order valence-electron chi connectivity index (χ2n) is 6.56. The first-order valence-corrected chi connectivity index (χ1v) is 7.13. The van der Waals surface area contributed by atoms with Crippen LogP contribution in [0, 0.1) is 0 Å². The molecule has 116 valence electrons. The van der Waals surface area contributed by atoms with Gasteiger partial charge in [0.1, 0.15) is 0 Å². The molecule has 1 aliphatic rings. The summed E-state index contributed by atoms with van der Waals surface area (Å²) in [6.07, 6.45) is 1.18. The number of aliphatic hydroxyl groups excluding tert-OH is 1. The summed E-state index contributed by atoms with van der Waals surface area (Å²) in [4.78, 5) is 27.3. The predicted octanol–water partition coefficient (Wildman–Crippen LogP) is -0.184. The average molecular weight is 285 g/mol. The monoisotopic (exact) mass is 285 g/mol. The Kier molecular flexibility index (Phi) is 5.95. The molecule has 0 spiro atoms. The number of nitrogens with zero attached hydrogens (tertiary/aromatic N) is 2. The minimum Gasteiger partial charge on any atom is -0.393 e. The van der Waals surface area contributed by atoms with Crippen molar-refractivity contribution in [1.82, 2.24) is 15.1 Å². The zero-order chi connectivity index (χ0) is 15.3. The van der Waals surface area contributed by atoms with Crippen molar-refractivity contribution < 1.29 is 14.7 Å². The molecule has 0 atom stereocenters. The SMILES string of the molecule is CN(CC(=O)NC(C)(C)C)C(=O)CN1CCC(O)CC1. The third-order valence-electron chi connectivity index (χ3n) is 3.24. The van der Waals surface area contributed by atoms with E-state index in [1.54, 1.807) is 7.05 Å². The Morgan fingerprint density at radius 3 is 2.35 bits per heavy atom. The molecule has 0 unspecified atom stereocenters. The lowest BCUT2D eigenvalue weighted by Crippen LogP contribution is -2.48. The summed E-state index contributed by atoms with van der Waals surface area (Å²) in [5.74, 6) is -0.215. The molecule has 0 aliphatic carbocycles. The highest BCUT2D eigenvalue weighted by atomic mass is 16.3. The van der Waals surface area contributed by atoms with Gasteiger partial charge >= 0.3 is 0 Å². The van der Waals surface area contributed by atoms with Crippen molar-refractivity contribution in [2.24, 2.45) is 0 Å². The van der Waals surface area contributed by atoms with Gasteiger partial charge in [-0.05, 0) is 33.6 Å². The van der Waals surface area contributed by atoms with Gasteiger partial charge in [0, 0.05) is 25.7 Å². The molecule has 6 heteroatoms. The van der Waals surface area contributed by atoms with Crippen LogP contribution in [0.25, 0.3) is 0 Å². The number of carbonyl (C=O) groups excluding carboxylic acids is 2. The fraction of sp³-hybridized carbons (Fsp3) is 0.857. The van der Waals surface area contributed by atoms with E-state index in [1.165, 1.54) is 4.90 Å². The number of piperidine rings is 1. The van der Waals surface area contributed by atoms with E-state index >= 15 is 0 Å². The molecular formula is C14H27N3O3. The van der Waals surface area contributed by atoms with E-state index in [0.29, 0.717) is 19.4 Å². The summed E-state index contributed by atoms with van der Waals surface area (Å²) in [6, 6.07) is 0. The van der Waals surface area contributed by atoms with Gasteiger partial charge in [-0.25, -0.2) is 0 Å². The number of rotatable bonds is 4. The van der Waals surface area contributed by atoms with Crippen molar-refractivity contribution in [2.75, 3.05) is 33.2 Å². The van der Waals surface area contributed by atoms with Crippen LogP contribution in [-0.4, -0.2) is 71.6 Å². The van der Waals surface area contributed by atoms with Crippen LogP contribution in [0.4, 0.5) is 0 Å². The van der Waals surface area contributed by atoms with Crippen LogP contribution in [0.1, 0.15) is 33.6 Å². The maximum absolute atomic E-state index is 12.0. The highest BCUT2D eigenvalue weighted by Gasteiger charge is 2.22. The molecule has 1 saturated heterocycles. The number of hydrogen-bond donors (Lipinski definition) is 2. The van der Waals surface area contributed by atoms with Gasteiger partial charge in [-0.3, -0.25) is 14.5 Å². The van der Waals surface area contributed by atoms with E-state index in [-0.39, 0.29) is 30.0 Å². The summed E-state index contributed by atoms with van der Waals surface area (Å²) in [5, 5.41) is 12.3. The molecule has 1 aliphatic heterocycles. The minimum atomic E-state index is -0.288. The van der Waals surface area contributed by atoms with Crippen molar-refractivity contribution >= 4 is 11.8 Å². The first kappa shape index (κ1) is 16.9. The zero-order valence-corrected chi connectivity index (χ0v) is 13.0. The molecule has 20 heavy (non-hydrogen) atoms. The second-order valence-corrected chi connectivity index (χ2v) is 6.56. The molecule has 0 aromatic rings. The second kappa shape index (κ2) is 7.04. The number of nitrogens with one attached hydrogen (secondary N) is 1. The fourth-order valence-electron chi connectivity index (χ4n) is 2.15. The Balaban J connectivity index is 2.34. The largest absolute Gasteiger partial charge is 0.393 e. The average Bonchev–Trinajstić information content (AvgIpc) is 2.29. The van der Waals surface area contributed by atoms with E-state index in [2.05, 4.69) is 5.32 Å². The summed E-state index contributed by atoms with van der Waals surface area (Å²) in [6.45, 7) is 7.58. The first-order chi connectivity index (χ1) is 9.17. The summed E-state index contributed by atoms with van der Waals surface area (Å²) in [5.41, 5.74) is -0.288. The molecule has 1 fully saturated rings. The van der Waals surface area contributed by atoms with Gasteiger partial charge in [-0.1, -0.05) is 0 Å². The van der Waals surface area contributed by atoms with Crippen LogP contribution in [0.15, 0.2) is 0 Å². The van der Waals surface area contributed by atoms with Gasteiger partial charge < -0.3 is 15.3 Å². The van der Waals surface area contributed by atoms with Crippen LogP contribution < -0.4 is 5.32 Å². The van der Waals surface area contributed by atoms with Gasteiger partial charge in [-0.2, -0.15) is 0 Å². The van der Waals surface area contributed by atoms with Crippen LogP contribution in [0.5, 0.6) is 0 Å². The summed E-state index contributed by atoms with van der Waals surface area (Å²) in [7, 11) is 1.64. The Morgan fingerprint density at radius 1 is 1.30 bits per heavy atom. The Morgan fingerprint density at radius 2 is 1.85 bits per heavy atom. The maximum Gasteiger partial charge on any atom is 0.240 e. The van der Waals surface area contributed by atoms with E-state index < -0.39 is 0 Å². The van der Waals surface area contributed by atoms with Gasteiger partial charge in [0.25, 0.3) is 0 Å². The van der Waals surface area contributed by atoms with E-state index in [0.717, 1.165) is 13.1 Å². The van der Waals surface area contributed by atoms with Crippen LogP contribution in [0.2, 0.25) is 0 Å². The standard InChI is InChI=1S/C14H27N3O3/c1-14(2,3)15-12(19)9-16(4)13(20)10-17-7-5-11(18)6-8-17/h11,18H,5-10H2,1-4H3,(H,15,19). The van der Waals surface area contributed by atoms with Crippen LogP contribution in [-0.2, 0) is 9.59 Å². The molecule has 0 radical (unpaired) electrons. The van der Waals surface area contributed by atoms with Crippen molar-refractivity contribution in [3.05, 3.63) is 0 Å². The summed E-state index contributed by atoms with van der Waals surface area (Å²) >= 11 is 0. The van der Waals surface area contributed by atoms with Crippen molar-refractivity contribution in [3.8, 4) is 0 Å². The minimum absolute atomic E-state index is 0.0644. The third kappa shape index (κ3) is 6.34. The van der Waals surface area contributed by atoms with Gasteiger partial charge in [0.2, 0.25) is 11.8 Å². The topological polar surface area (TPSA) is 72.9 Å². The normalized spacial score (nSPS) is 17.9. The number of aliphatic hydroxyl groups is 1. The molecule has 0 saturated carbocycles. The van der Waals surface area contributed by atoms with Gasteiger partial charge in [-0.15, -0.1) is 0 Å². The first-order valence-electron chi connectivity index (χ1n) is 7.13. The van der Waals surface area contributed by atoms with Gasteiger partial charge in [0.05, 0.1) is 19.2 Å². The van der Waals surface area contributed by atoms with Crippen LogP contribution in [0.3, 0.4) is 0 Å². The number of likely N-dealkylation sites (N-methyl/N-ethyl adjacent to an activating group) is 1. The molecular weight excluding hydrogens is 258 g/mol. The highest BCUT2D eigenvalue weighted by molar-refractivity contribution is 5.85. The van der Waals surface area contributed by atoms with Crippen molar-refractivity contribution in [2.45, 2.75) is 45.3 Å². The highest BCUT2D eigenvalue weighted by Crippen LogP contribution is 2.09. The number of likely N-dealkylation sites (tertiary alicyclic amines) is 1. The molecule has 0 bridgehead atoms. The molecule has 2 amide bonds. The molecule has 2 N–H and O–H groups in total. The zero-order valence-electron chi connectivity index (χ0n) is 13.0. The van der Waals surface area contributed by atoms with Gasteiger partial charge in [0.15, 0.2) is 0 Å². The molecule has 1 heterocycles. The number of carbonyl (C=O) groups is 2. The lowest BCUT2D eigenvalue weighted by atomic mass is 10.1. The Bertz CT molecular complexity index is 344. The summed E-state index contributed by atoms with van der Waals surface area (Å²) < 4.78 is 0.